The molecule has 15 nitrogen and oxygen atoms in total. The number of phosphoric acid groups is 2. The molecule has 1 fully saturated rings. The zero-order valence-corrected chi connectivity index (χ0v) is 16.2. The molecule has 18 heteroatoms. The summed E-state index contributed by atoms with van der Waals surface area (Å²) in [4.78, 5) is 39.7. The second kappa shape index (κ2) is 7.59. The van der Waals surface area contributed by atoms with Crippen molar-refractivity contribution in [1.29, 1.82) is 0 Å². The number of aliphatic hydroxyl groups excluding tert-OH is 2. The molecule has 156 valence electrons. The van der Waals surface area contributed by atoms with Crippen LogP contribution in [0.1, 0.15) is 0 Å². The molecule has 0 aliphatic carbocycles. The molecule has 3 aliphatic heterocycles. The van der Waals surface area contributed by atoms with Crippen molar-refractivity contribution in [3.8, 4) is 0 Å². The number of aliphatic imine (C=N–C) groups is 3. The maximum atomic E-state index is 11.5. The van der Waals surface area contributed by atoms with Crippen LogP contribution in [0.4, 0.5) is 0 Å². The molecule has 2 unspecified atom stereocenters. The lowest BCUT2D eigenvalue weighted by atomic mass is 10.1. The summed E-state index contributed by atoms with van der Waals surface area (Å²) in [5.41, 5.74) is 5.56. The summed E-state index contributed by atoms with van der Waals surface area (Å²) in [7, 11) is -10.4. The van der Waals surface area contributed by atoms with Crippen LogP contribution in [0.5, 0.6) is 0 Å². The van der Waals surface area contributed by atoms with Crippen LogP contribution in [0, 0.1) is 0 Å². The van der Waals surface area contributed by atoms with E-state index in [0.29, 0.717) is 0 Å². The van der Waals surface area contributed by atoms with Crippen LogP contribution in [-0.4, -0.2) is 90.1 Å². The van der Waals surface area contributed by atoms with Gasteiger partial charge in [0.1, 0.15) is 29.1 Å². The lowest BCUT2D eigenvalue weighted by Crippen LogP contribution is -2.49. The third kappa shape index (κ3) is 4.53. The van der Waals surface area contributed by atoms with Crippen LogP contribution in [0.2, 0.25) is 0 Å². The topological polar surface area (TPSA) is 229 Å². The van der Waals surface area contributed by atoms with Crippen molar-refractivity contribution in [1.82, 2.24) is 4.90 Å². The van der Waals surface area contributed by atoms with Crippen molar-refractivity contribution in [2.24, 2.45) is 20.7 Å². The van der Waals surface area contributed by atoms with Gasteiger partial charge in [0.25, 0.3) is 0 Å². The van der Waals surface area contributed by atoms with Gasteiger partial charge in [0.15, 0.2) is 12.3 Å². The summed E-state index contributed by atoms with van der Waals surface area (Å²) in [5.74, 6) is 0.0726. The summed E-state index contributed by atoms with van der Waals surface area (Å²) in [6.07, 6.45) is -4.45. The molecule has 3 rings (SSSR count). The maximum Gasteiger partial charge on any atom is 0.481 e. The van der Waals surface area contributed by atoms with Crippen molar-refractivity contribution >= 4 is 51.0 Å². The normalized spacial score (nSPS) is 34.8. The molecular formula is C10H15N5O10P2S. The second-order valence-corrected chi connectivity index (χ2v) is 8.98. The van der Waals surface area contributed by atoms with Crippen LogP contribution in [-0.2, 0) is 22.7 Å². The Bertz CT molecular complexity index is 860. The number of ether oxygens (including phenoxy) is 1. The van der Waals surface area contributed by atoms with Gasteiger partial charge in [-0.1, -0.05) is 12.2 Å². The molecular weight excluding hydrogens is 444 g/mol. The molecule has 0 aromatic carbocycles. The van der Waals surface area contributed by atoms with E-state index < -0.39 is 52.8 Å². The summed E-state index contributed by atoms with van der Waals surface area (Å²) in [6.45, 7) is -0.828. The number of nitrogens with zero attached hydrogens (tertiary/aromatic N) is 4. The Kier molecular flexibility index (Phi) is 5.84. The number of nitrogens with two attached hydrogens (primary N) is 1. The van der Waals surface area contributed by atoms with Crippen molar-refractivity contribution < 1.29 is 47.6 Å². The highest BCUT2D eigenvalue weighted by Gasteiger charge is 2.50. The molecule has 0 spiro atoms. The number of fused-ring (bicyclic) bond motifs is 1. The van der Waals surface area contributed by atoms with Gasteiger partial charge in [-0.2, -0.15) is 9.30 Å². The van der Waals surface area contributed by atoms with E-state index in [1.165, 1.54) is 11.2 Å². The Balaban J connectivity index is 1.69. The SMILES string of the molecule is NC1=NC(=S)C2N=CN([C@@H]3O[C@H](COP(=O)(O)OP(=O)(O)O)[C@@H](O)[C@H]3O)C2=N1. The van der Waals surface area contributed by atoms with Gasteiger partial charge in [-0.15, -0.1) is 0 Å². The zero-order valence-electron chi connectivity index (χ0n) is 13.6. The Morgan fingerprint density at radius 3 is 2.57 bits per heavy atom. The number of amidine groups is 1. The Labute approximate surface area is 162 Å². The van der Waals surface area contributed by atoms with Crippen molar-refractivity contribution in [2.45, 2.75) is 30.6 Å². The van der Waals surface area contributed by atoms with Gasteiger partial charge < -0.3 is 35.4 Å². The van der Waals surface area contributed by atoms with Crippen molar-refractivity contribution in [2.75, 3.05) is 6.61 Å². The molecule has 0 aromatic heterocycles. The fourth-order valence-corrected chi connectivity index (χ4v) is 4.49. The van der Waals surface area contributed by atoms with Gasteiger partial charge in [-0.3, -0.25) is 14.4 Å². The zero-order chi connectivity index (χ0) is 20.9. The predicted octanol–water partition coefficient (Wildman–Crippen LogP) is -2.57. The number of aliphatic hydroxyl groups is 2. The molecule has 3 heterocycles. The average molecular weight is 459 g/mol. The Morgan fingerprint density at radius 1 is 1.25 bits per heavy atom. The lowest BCUT2D eigenvalue weighted by Gasteiger charge is -2.27. The first kappa shape index (κ1) is 21.5. The third-order valence-electron chi connectivity index (χ3n) is 3.76. The molecule has 7 N–H and O–H groups in total. The number of hydrogen-bond donors (Lipinski definition) is 6. The van der Waals surface area contributed by atoms with E-state index in [2.05, 4.69) is 23.8 Å². The van der Waals surface area contributed by atoms with Crippen LogP contribution in [0.3, 0.4) is 0 Å². The van der Waals surface area contributed by atoms with Gasteiger partial charge in [-0.25, -0.2) is 14.1 Å². The molecule has 0 bridgehead atoms. The first-order valence-electron chi connectivity index (χ1n) is 7.42. The van der Waals surface area contributed by atoms with E-state index in [1.54, 1.807) is 0 Å². The standard InChI is InChI=1S/C10H15N5O10P2S/c11-10-13-7-4(8(28)14-10)12-2-15(7)9-6(17)5(16)3(24-9)1-23-27(21,22)25-26(18,19)20/h2-6,9,16-17H,1H2,(H,21,22)(H2,11,14,28)(H2,18,19,20)/t3-,4?,5-,6-,9-/m1/s1. The van der Waals surface area contributed by atoms with Gasteiger partial charge in [-0.05, 0) is 0 Å². The number of hydrogen-bond acceptors (Lipinski definition) is 12. The van der Waals surface area contributed by atoms with Crippen LogP contribution < -0.4 is 5.73 Å². The predicted molar refractivity (Wildman–Crippen MR) is 95.4 cm³/mol. The van der Waals surface area contributed by atoms with Gasteiger partial charge in [0.2, 0.25) is 5.96 Å². The molecule has 0 aromatic rings. The molecule has 3 aliphatic rings. The smallest absolute Gasteiger partial charge is 0.387 e. The summed E-state index contributed by atoms with van der Waals surface area (Å²) in [6, 6.07) is -0.722. The summed E-state index contributed by atoms with van der Waals surface area (Å²) < 4.78 is 35.6. The largest absolute Gasteiger partial charge is 0.481 e. The highest BCUT2D eigenvalue weighted by atomic mass is 32.1. The van der Waals surface area contributed by atoms with Crippen LogP contribution in [0.15, 0.2) is 15.0 Å². The molecule has 0 radical (unpaired) electrons. The molecule has 6 atom stereocenters. The minimum Gasteiger partial charge on any atom is -0.387 e. The maximum absolute atomic E-state index is 11.5. The fraction of sp³-hybridized carbons (Fsp3) is 0.600. The number of phosphoric ester groups is 1. The highest BCUT2D eigenvalue weighted by Crippen LogP contribution is 2.57. The van der Waals surface area contributed by atoms with Gasteiger partial charge >= 0.3 is 15.6 Å². The quantitative estimate of drug-likeness (QED) is 0.177. The van der Waals surface area contributed by atoms with Gasteiger partial charge in [0, 0.05) is 0 Å². The number of guanidine groups is 1. The molecule has 0 saturated carbocycles. The summed E-state index contributed by atoms with van der Waals surface area (Å²) >= 11 is 5.05. The summed E-state index contributed by atoms with van der Waals surface area (Å²) in [5, 5.41) is 20.4. The Morgan fingerprint density at radius 2 is 1.93 bits per heavy atom. The molecule has 0 amide bonds. The van der Waals surface area contributed by atoms with Crippen LogP contribution in [0.25, 0.3) is 0 Å². The van der Waals surface area contributed by atoms with E-state index in [4.69, 9.17) is 32.5 Å². The lowest BCUT2D eigenvalue weighted by molar-refractivity contribution is -0.0501. The van der Waals surface area contributed by atoms with E-state index in [-0.39, 0.29) is 16.8 Å². The third-order valence-corrected chi connectivity index (χ3v) is 6.23. The van der Waals surface area contributed by atoms with E-state index in [9.17, 15) is 24.2 Å². The second-order valence-electron chi connectivity index (χ2n) is 5.74. The number of rotatable bonds is 6. The van der Waals surface area contributed by atoms with E-state index in [0.717, 1.165) is 0 Å². The van der Waals surface area contributed by atoms with Crippen LogP contribution >= 0.6 is 27.9 Å². The fourth-order valence-electron chi connectivity index (χ4n) is 2.63. The van der Waals surface area contributed by atoms with E-state index >= 15 is 0 Å². The van der Waals surface area contributed by atoms with Gasteiger partial charge in [0.05, 0.1) is 12.9 Å². The molecule has 28 heavy (non-hydrogen) atoms. The monoisotopic (exact) mass is 459 g/mol. The average Bonchev–Trinajstić information content (AvgIpc) is 3.06. The first-order valence-corrected chi connectivity index (χ1v) is 10.9. The first-order chi connectivity index (χ1) is 12.9. The minimum absolute atomic E-state index is 0.129. The molecule has 1 saturated heterocycles. The van der Waals surface area contributed by atoms with Crippen molar-refractivity contribution in [3.05, 3.63) is 0 Å². The number of thiocarbonyl (C=S) groups is 1. The van der Waals surface area contributed by atoms with E-state index in [1.807, 2.05) is 0 Å². The Hall–Kier alpha value is -1.16. The highest BCUT2D eigenvalue weighted by molar-refractivity contribution is 7.80. The minimum atomic E-state index is -5.30. The van der Waals surface area contributed by atoms with Crippen molar-refractivity contribution in [3.63, 3.8) is 0 Å².